The lowest BCUT2D eigenvalue weighted by Gasteiger charge is -2.35. The zero-order valence-corrected chi connectivity index (χ0v) is 16.4. The van der Waals surface area contributed by atoms with E-state index in [1.807, 2.05) is 0 Å². The Bertz CT molecular complexity index is 528. The highest BCUT2D eigenvalue weighted by atomic mass is 16.5. The van der Waals surface area contributed by atoms with Crippen LogP contribution in [-0.2, 0) is 14.3 Å². The maximum Gasteiger partial charge on any atom is 0.224 e. The predicted octanol–water partition coefficient (Wildman–Crippen LogP) is -0.0594. The maximum atomic E-state index is 12.6. The Kier molecular flexibility index (Phi) is 8.98. The van der Waals surface area contributed by atoms with Gasteiger partial charge in [-0.15, -0.1) is 0 Å². The molecule has 1 aliphatic heterocycles. The molecular formula is C19H33N5O3. The molecule has 2 rings (SSSR count). The first kappa shape index (κ1) is 21.6. The SMILES string of the molecule is COCCN1CCN(CC[C@@H](C#N)NC(=O)[C@@H]2CCCC[C@@H]2C(N)=O)CC1. The van der Waals surface area contributed by atoms with E-state index in [0.29, 0.717) is 19.3 Å². The first-order valence-electron chi connectivity index (χ1n) is 9.98. The van der Waals surface area contributed by atoms with Gasteiger partial charge in [-0.3, -0.25) is 14.5 Å². The number of nitrogens with two attached hydrogens (primary N) is 1. The molecule has 0 unspecified atom stereocenters. The van der Waals surface area contributed by atoms with E-state index < -0.39 is 23.8 Å². The third-order valence-corrected chi connectivity index (χ3v) is 5.75. The van der Waals surface area contributed by atoms with Gasteiger partial charge in [0, 0.05) is 58.2 Å². The topological polar surface area (TPSA) is 112 Å². The summed E-state index contributed by atoms with van der Waals surface area (Å²) in [4.78, 5) is 28.9. The van der Waals surface area contributed by atoms with Crippen LogP contribution < -0.4 is 11.1 Å². The lowest BCUT2D eigenvalue weighted by Crippen LogP contribution is -2.49. The van der Waals surface area contributed by atoms with Crippen molar-refractivity contribution in [1.29, 1.82) is 5.26 Å². The lowest BCUT2D eigenvalue weighted by atomic mass is 9.78. The van der Waals surface area contributed by atoms with Gasteiger partial charge in [0.1, 0.15) is 6.04 Å². The Morgan fingerprint density at radius 3 is 2.30 bits per heavy atom. The number of carbonyl (C=O) groups excluding carboxylic acids is 2. The minimum atomic E-state index is -0.528. The van der Waals surface area contributed by atoms with Crippen LogP contribution in [0.15, 0.2) is 0 Å². The van der Waals surface area contributed by atoms with Gasteiger partial charge in [-0.1, -0.05) is 12.8 Å². The number of primary amides is 1. The van der Waals surface area contributed by atoms with E-state index in [4.69, 9.17) is 10.5 Å². The van der Waals surface area contributed by atoms with E-state index in [1.54, 1.807) is 7.11 Å². The number of nitriles is 1. The molecule has 0 spiro atoms. The molecular weight excluding hydrogens is 346 g/mol. The molecule has 0 radical (unpaired) electrons. The van der Waals surface area contributed by atoms with Gasteiger partial charge in [-0.2, -0.15) is 5.26 Å². The number of nitrogens with zero attached hydrogens (tertiary/aromatic N) is 3. The molecule has 0 aromatic rings. The fourth-order valence-corrected chi connectivity index (χ4v) is 4.00. The summed E-state index contributed by atoms with van der Waals surface area (Å²) in [6.45, 7) is 6.38. The molecule has 3 N–H and O–H groups in total. The highest BCUT2D eigenvalue weighted by Gasteiger charge is 2.35. The lowest BCUT2D eigenvalue weighted by molar-refractivity contribution is -0.135. The fourth-order valence-electron chi connectivity index (χ4n) is 4.00. The highest BCUT2D eigenvalue weighted by molar-refractivity contribution is 5.87. The molecule has 1 saturated heterocycles. The zero-order chi connectivity index (χ0) is 19.6. The highest BCUT2D eigenvalue weighted by Crippen LogP contribution is 2.30. The molecule has 1 saturated carbocycles. The van der Waals surface area contributed by atoms with Crippen LogP contribution in [0.2, 0.25) is 0 Å². The van der Waals surface area contributed by atoms with Gasteiger partial charge >= 0.3 is 0 Å². The molecule has 1 aliphatic carbocycles. The van der Waals surface area contributed by atoms with E-state index in [0.717, 1.165) is 58.7 Å². The van der Waals surface area contributed by atoms with Gasteiger partial charge in [0.05, 0.1) is 12.7 Å². The van der Waals surface area contributed by atoms with E-state index in [1.165, 1.54) is 0 Å². The first-order valence-corrected chi connectivity index (χ1v) is 9.98. The number of methoxy groups -OCH3 is 1. The number of rotatable bonds is 9. The van der Waals surface area contributed by atoms with Crippen LogP contribution in [0.1, 0.15) is 32.1 Å². The minimum absolute atomic E-state index is 0.200. The number of ether oxygens (including phenoxy) is 1. The van der Waals surface area contributed by atoms with Crippen molar-refractivity contribution in [3.8, 4) is 6.07 Å². The van der Waals surface area contributed by atoms with Crippen LogP contribution in [0.3, 0.4) is 0 Å². The number of carbonyl (C=O) groups is 2. The molecule has 3 atom stereocenters. The van der Waals surface area contributed by atoms with Gasteiger partial charge in [0.15, 0.2) is 0 Å². The Balaban J connectivity index is 1.75. The molecule has 0 bridgehead atoms. The molecule has 2 fully saturated rings. The van der Waals surface area contributed by atoms with Crippen LogP contribution in [0, 0.1) is 23.2 Å². The second-order valence-corrected chi connectivity index (χ2v) is 7.55. The summed E-state index contributed by atoms with van der Waals surface area (Å²) in [5, 5.41) is 12.3. The van der Waals surface area contributed by atoms with Crippen molar-refractivity contribution in [1.82, 2.24) is 15.1 Å². The van der Waals surface area contributed by atoms with Crippen LogP contribution in [0.5, 0.6) is 0 Å². The quantitative estimate of drug-likeness (QED) is 0.580. The molecule has 2 amide bonds. The van der Waals surface area contributed by atoms with Gasteiger partial charge in [-0.25, -0.2) is 0 Å². The van der Waals surface area contributed by atoms with Gasteiger partial charge in [0.2, 0.25) is 11.8 Å². The van der Waals surface area contributed by atoms with E-state index in [9.17, 15) is 14.9 Å². The van der Waals surface area contributed by atoms with Crippen molar-refractivity contribution < 1.29 is 14.3 Å². The summed E-state index contributed by atoms with van der Waals surface area (Å²) in [7, 11) is 1.71. The van der Waals surface area contributed by atoms with Crippen molar-refractivity contribution in [2.24, 2.45) is 17.6 Å². The van der Waals surface area contributed by atoms with E-state index in [-0.39, 0.29) is 5.91 Å². The second kappa shape index (κ2) is 11.2. The Labute approximate surface area is 162 Å². The standard InChI is InChI=1S/C19H33N5O3/c1-27-13-12-24-10-8-23(9-11-24)7-6-15(14-20)22-19(26)17-5-3-2-4-16(17)18(21)25/h15-17H,2-13H2,1H3,(H2,21,25)(H,22,26)/t15-,16-,17+/m0/s1. The Hall–Kier alpha value is -1.69. The molecule has 27 heavy (non-hydrogen) atoms. The molecule has 0 aromatic heterocycles. The molecule has 152 valence electrons. The summed E-state index contributed by atoms with van der Waals surface area (Å²) >= 11 is 0. The molecule has 0 aromatic carbocycles. The third-order valence-electron chi connectivity index (χ3n) is 5.75. The first-order chi connectivity index (χ1) is 13.0. The summed E-state index contributed by atoms with van der Waals surface area (Å²) in [5.74, 6) is -1.40. The third kappa shape index (κ3) is 6.76. The average molecular weight is 380 g/mol. The number of piperazine rings is 1. The summed E-state index contributed by atoms with van der Waals surface area (Å²) in [6.07, 6.45) is 3.77. The van der Waals surface area contributed by atoms with Crippen molar-refractivity contribution in [2.45, 2.75) is 38.1 Å². The predicted molar refractivity (Wildman–Crippen MR) is 102 cm³/mol. The van der Waals surface area contributed by atoms with Crippen molar-refractivity contribution >= 4 is 11.8 Å². The van der Waals surface area contributed by atoms with Crippen molar-refractivity contribution in [3.63, 3.8) is 0 Å². The van der Waals surface area contributed by atoms with Gasteiger partial charge in [-0.05, 0) is 19.3 Å². The molecule has 2 aliphatic rings. The number of nitrogens with one attached hydrogen (secondary N) is 1. The van der Waals surface area contributed by atoms with Crippen LogP contribution in [-0.4, -0.2) is 80.6 Å². The largest absolute Gasteiger partial charge is 0.383 e. The number of hydrogen-bond acceptors (Lipinski definition) is 6. The second-order valence-electron chi connectivity index (χ2n) is 7.55. The molecule has 1 heterocycles. The van der Waals surface area contributed by atoms with Crippen molar-refractivity contribution in [2.75, 3.05) is 53.0 Å². The van der Waals surface area contributed by atoms with Crippen LogP contribution in [0.4, 0.5) is 0 Å². The normalized spacial score (nSPS) is 25.5. The monoisotopic (exact) mass is 379 g/mol. The average Bonchev–Trinajstić information content (AvgIpc) is 2.70. The van der Waals surface area contributed by atoms with E-state index in [2.05, 4.69) is 21.2 Å². The van der Waals surface area contributed by atoms with Crippen LogP contribution >= 0.6 is 0 Å². The minimum Gasteiger partial charge on any atom is -0.383 e. The summed E-state index contributed by atoms with van der Waals surface area (Å²) in [5.41, 5.74) is 5.45. The molecule has 8 heteroatoms. The Morgan fingerprint density at radius 2 is 1.74 bits per heavy atom. The molecule has 8 nitrogen and oxygen atoms in total. The van der Waals surface area contributed by atoms with Gasteiger partial charge in [0.25, 0.3) is 0 Å². The Morgan fingerprint density at radius 1 is 1.15 bits per heavy atom. The van der Waals surface area contributed by atoms with E-state index >= 15 is 0 Å². The van der Waals surface area contributed by atoms with Crippen LogP contribution in [0.25, 0.3) is 0 Å². The number of amides is 2. The van der Waals surface area contributed by atoms with Crippen molar-refractivity contribution in [3.05, 3.63) is 0 Å². The zero-order valence-electron chi connectivity index (χ0n) is 16.4. The summed E-state index contributed by atoms with van der Waals surface area (Å²) in [6, 6.07) is 1.66. The smallest absolute Gasteiger partial charge is 0.224 e. The number of hydrogen-bond donors (Lipinski definition) is 2. The van der Waals surface area contributed by atoms with Gasteiger partial charge < -0.3 is 20.7 Å². The maximum absolute atomic E-state index is 12.6. The summed E-state index contributed by atoms with van der Waals surface area (Å²) < 4.78 is 5.11. The fraction of sp³-hybridized carbons (Fsp3) is 0.842.